The van der Waals surface area contributed by atoms with Crippen molar-refractivity contribution in [3.8, 4) is 0 Å². The summed E-state index contributed by atoms with van der Waals surface area (Å²) in [7, 11) is 3.44. The van der Waals surface area contributed by atoms with Crippen LogP contribution >= 0.6 is 34.2 Å². The largest absolute Gasteiger partial charge is 0.454 e. The molecule has 2 rings (SSSR count). The van der Waals surface area contributed by atoms with Gasteiger partial charge in [-0.3, -0.25) is 4.79 Å². The Kier molecular flexibility index (Phi) is 4.93. The molecule has 0 atom stereocenters. The summed E-state index contributed by atoms with van der Waals surface area (Å²) in [5, 5.41) is 3.77. The van der Waals surface area contributed by atoms with E-state index < -0.39 is 0 Å². The fourth-order valence-corrected chi connectivity index (χ4v) is 2.35. The Balaban J connectivity index is 2.21. The molecule has 0 spiro atoms. The van der Waals surface area contributed by atoms with Gasteiger partial charge in [0.15, 0.2) is 3.77 Å². The smallest absolute Gasteiger partial charge is 0.255 e. The number of amides is 1. The predicted octanol–water partition coefficient (Wildman–Crippen LogP) is 3.85. The first kappa shape index (κ1) is 15.2. The molecule has 0 aliphatic carbocycles. The highest BCUT2D eigenvalue weighted by Crippen LogP contribution is 2.23. The number of anilines is 1. The van der Waals surface area contributed by atoms with Crippen LogP contribution in [0.5, 0.6) is 0 Å². The molecule has 0 saturated carbocycles. The molecule has 106 valence electrons. The average Bonchev–Trinajstić information content (AvgIpc) is 2.81. The maximum atomic E-state index is 12.1. The van der Waals surface area contributed by atoms with Crippen LogP contribution in [0.1, 0.15) is 16.1 Å². The van der Waals surface area contributed by atoms with Crippen molar-refractivity contribution in [2.24, 2.45) is 0 Å². The first-order valence-electron chi connectivity index (χ1n) is 5.96. The Morgan fingerprint density at radius 2 is 2.10 bits per heavy atom. The van der Waals surface area contributed by atoms with E-state index in [0.29, 0.717) is 22.8 Å². The summed E-state index contributed by atoms with van der Waals surface area (Å²) in [6.07, 6.45) is 0. The molecule has 1 heterocycles. The molecule has 0 bridgehead atoms. The number of hydrogen-bond acceptors (Lipinski definition) is 3. The predicted molar refractivity (Wildman–Crippen MR) is 88.2 cm³/mol. The van der Waals surface area contributed by atoms with Crippen LogP contribution in [0.4, 0.5) is 5.69 Å². The number of benzene rings is 1. The van der Waals surface area contributed by atoms with Crippen LogP contribution in [-0.2, 0) is 6.54 Å². The molecule has 1 N–H and O–H groups in total. The van der Waals surface area contributed by atoms with Crippen molar-refractivity contribution in [2.75, 3.05) is 19.4 Å². The van der Waals surface area contributed by atoms with Gasteiger partial charge in [0.1, 0.15) is 5.76 Å². The summed E-state index contributed by atoms with van der Waals surface area (Å²) in [4.78, 5) is 13.6. The average molecular weight is 405 g/mol. The van der Waals surface area contributed by atoms with Gasteiger partial charge >= 0.3 is 0 Å². The molecule has 0 aliphatic heterocycles. The topological polar surface area (TPSA) is 45.5 Å². The maximum absolute atomic E-state index is 12.1. The third-order valence-electron chi connectivity index (χ3n) is 2.70. The minimum atomic E-state index is -0.0711. The van der Waals surface area contributed by atoms with Gasteiger partial charge in [0.2, 0.25) is 0 Å². The number of carbonyl (C=O) groups is 1. The van der Waals surface area contributed by atoms with Gasteiger partial charge in [-0.05, 0) is 52.9 Å². The van der Waals surface area contributed by atoms with E-state index in [1.807, 2.05) is 12.1 Å². The monoisotopic (exact) mass is 404 g/mol. The first-order valence-corrected chi connectivity index (χ1v) is 7.42. The van der Waals surface area contributed by atoms with E-state index in [4.69, 9.17) is 16.0 Å². The minimum absolute atomic E-state index is 0.0711. The molecular weight excluding hydrogens is 391 g/mol. The van der Waals surface area contributed by atoms with E-state index in [1.54, 1.807) is 32.3 Å². The molecule has 1 aromatic carbocycles. The number of nitrogens with one attached hydrogen (secondary N) is 1. The van der Waals surface area contributed by atoms with E-state index in [9.17, 15) is 4.79 Å². The number of rotatable bonds is 4. The molecule has 0 radical (unpaired) electrons. The zero-order valence-electron chi connectivity index (χ0n) is 11.1. The fourth-order valence-electron chi connectivity index (χ4n) is 1.72. The summed E-state index contributed by atoms with van der Waals surface area (Å²) < 4.78 is 6.31. The summed E-state index contributed by atoms with van der Waals surface area (Å²) in [6.45, 7) is 0.497. The molecule has 1 amide bonds. The Labute approximate surface area is 136 Å². The van der Waals surface area contributed by atoms with Crippen LogP contribution in [-0.4, -0.2) is 24.9 Å². The lowest BCUT2D eigenvalue weighted by Crippen LogP contribution is -2.22. The number of nitrogens with zero attached hydrogens (tertiary/aromatic N) is 1. The third-order valence-corrected chi connectivity index (χ3v) is 3.52. The van der Waals surface area contributed by atoms with Gasteiger partial charge in [0.25, 0.3) is 5.91 Å². The zero-order chi connectivity index (χ0) is 14.7. The second-order valence-corrected chi connectivity index (χ2v) is 5.95. The Morgan fingerprint density at radius 1 is 1.35 bits per heavy atom. The van der Waals surface area contributed by atoms with Gasteiger partial charge in [0, 0.05) is 24.8 Å². The second-order valence-electron chi connectivity index (χ2n) is 4.45. The lowest BCUT2D eigenvalue weighted by Gasteiger charge is -2.15. The lowest BCUT2D eigenvalue weighted by atomic mass is 10.1. The van der Waals surface area contributed by atoms with Gasteiger partial charge < -0.3 is 14.6 Å². The van der Waals surface area contributed by atoms with E-state index in [2.05, 4.69) is 27.9 Å². The van der Waals surface area contributed by atoms with Crippen molar-refractivity contribution in [2.45, 2.75) is 6.54 Å². The SMILES string of the molecule is CN(C)C(=O)c1ccc(Cl)cc1NCc1ccc(I)o1. The standard InChI is InChI=1S/C14H14ClIN2O2/c1-18(2)14(19)11-5-3-9(15)7-12(11)17-8-10-4-6-13(16)20-10/h3-7,17H,8H2,1-2H3. The number of furan rings is 1. The van der Waals surface area contributed by atoms with Crippen LogP contribution < -0.4 is 5.32 Å². The molecule has 1 aromatic heterocycles. The number of halogens is 2. The van der Waals surface area contributed by atoms with Crippen LogP contribution in [0.2, 0.25) is 5.02 Å². The van der Waals surface area contributed by atoms with Crippen molar-refractivity contribution in [3.63, 3.8) is 0 Å². The highest BCUT2D eigenvalue weighted by Gasteiger charge is 2.14. The molecule has 4 nitrogen and oxygen atoms in total. The minimum Gasteiger partial charge on any atom is -0.454 e. The van der Waals surface area contributed by atoms with Gasteiger partial charge in [-0.25, -0.2) is 0 Å². The zero-order valence-corrected chi connectivity index (χ0v) is 14.0. The normalized spacial score (nSPS) is 10.4. The fraction of sp³-hybridized carbons (Fsp3) is 0.214. The summed E-state index contributed by atoms with van der Waals surface area (Å²) in [5.74, 6) is 0.732. The van der Waals surface area contributed by atoms with Crippen LogP contribution in [0.25, 0.3) is 0 Å². The summed E-state index contributed by atoms with van der Waals surface area (Å²) in [6, 6.07) is 8.96. The van der Waals surface area contributed by atoms with Crippen molar-refractivity contribution in [3.05, 3.63) is 50.4 Å². The van der Waals surface area contributed by atoms with E-state index in [1.165, 1.54) is 4.90 Å². The van der Waals surface area contributed by atoms with Crippen LogP contribution in [0.15, 0.2) is 34.7 Å². The number of carbonyl (C=O) groups excluding carboxylic acids is 1. The first-order chi connectivity index (χ1) is 9.47. The third kappa shape index (κ3) is 3.67. The molecule has 20 heavy (non-hydrogen) atoms. The van der Waals surface area contributed by atoms with Crippen molar-refractivity contribution >= 4 is 45.8 Å². The molecule has 0 unspecified atom stereocenters. The highest BCUT2D eigenvalue weighted by molar-refractivity contribution is 14.1. The van der Waals surface area contributed by atoms with E-state index >= 15 is 0 Å². The summed E-state index contributed by atoms with van der Waals surface area (Å²) >= 11 is 8.11. The maximum Gasteiger partial charge on any atom is 0.255 e. The van der Waals surface area contributed by atoms with Crippen molar-refractivity contribution in [1.82, 2.24) is 4.90 Å². The highest BCUT2D eigenvalue weighted by atomic mass is 127. The van der Waals surface area contributed by atoms with E-state index in [-0.39, 0.29) is 5.91 Å². The van der Waals surface area contributed by atoms with Gasteiger partial charge in [-0.15, -0.1) is 0 Å². The molecule has 6 heteroatoms. The van der Waals surface area contributed by atoms with Crippen molar-refractivity contribution < 1.29 is 9.21 Å². The van der Waals surface area contributed by atoms with Gasteiger partial charge in [0.05, 0.1) is 12.1 Å². The van der Waals surface area contributed by atoms with Crippen LogP contribution in [0, 0.1) is 3.77 Å². The van der Waals surface area contributed by atoms with Crippen LogP contribution in [0.3, 0.4) is 0 Å². The molecule has 0 saturated heterocycles. The molecule has 2 aromatic rings. The van der Waals surface area contributed by atoms with Gasteiger partial charge in [-0.2, -0.15) is 0 Å². The molecule has 0 fully saturated rings. The van der Waals surface area contributed by atoms with Crippen molar-refractivity contribution in [1.29, 1.82) is 0 Å². The lowest BCUT2D eigenvalue weighted by molar-refractivity contribution is 0.0828. The Hall–Kier alpha value is -1.21. The Bertz CT molecular complexity index is 625. The Morgan fingerprint density at radius 3 is 2.70 bits per heavy atom. The molecule has 0 aliphatic rings. The molecular formula is C14H14ClIN2O2. The van der Waals surface area contributed by atoms with E-state index in [0.717, 1.165) is 9.53 Å². The summed E-state index contributed by atoms with van der Waals surface area (Å²) in [5.41, 5.74) is 1.28. The van der Waals surface area contributed by atoms with Gasteiger partial charge in [-0.1, -0.05) is 11.6 Å². The quantitative estimate of drug-likeness (QED) is 0.787. The second kappa shape index (κ2) is 6.49. The number of hydrogen-bond donors (Lipinski definition) is 1.